The summed E-state index contributed by atoms with van der Waals surface area (Å²) in [5, 5.41) is 0. The molecule has 1 aromatic carbocycles. The topological polar surface area (TPSA) is 38.5 Å². The number of benzene rings is 1. The Labute approximate surface area is 123 Å². The Morgan fingerprint density at radius 3 is 2.45 bits per heavy atom. The lowest BCUT2D eigenvalue weighted by atomic mass is 9.97. The molecule has 0 spiro atoms. The van der Waals surface area contributed by atoms with Crippen LogP contribution in [0.25, 0.3) is 0 Å². The summed E-state index contributed by atoms with van der Waals surface area (Å²) in [4.78, 5) is 2.51. The summed E-state index contributed by atoms with van der Waals surface area (Å²) in [7, 11) is 0. The van der Waals surface area contributed by atoms with Crippen molar-refractivity contribution >= 4 is 0 Å². The van der Waals surface area contributed by atoms with E-state index in [1.165, 1.54) is 5.56 Å². The first-order valence-electron chi connectivity index (χ1n) is 7.68. The molecule has 2 N–H and O–H groups in total. The second kappa shape index (κ2) is 6.15. The Hall–Kier alpha value is -1.06. The smallest absolute Gasteiger partial charge is 0.119 e. The summed E-state index contributed by atoms with van der Waals surface area (Å²) >= 11 is 0. The molecule has 0 amide bonds. The lowest BCUT2D eigenvalue weighted by Gasteiger charge is -2.38. The van der Waals surface area contributed by atoms with Crippen LogP contribution < -0.4 is 10.5 Å². The normalized spacial score (nSPS) is 24.1. The van der Waals surface area contributed by atoms with Gasteiger partial charge < -0.3 is 10.5 Å². The van der Waals surface area contributed by atoms with Gasteiger partial charge in [0.2, 0.25) is 0 Å². The number of hydrogen-bond acceptors (Lipinski definition) is 3. The molecule has 1 aromatic rings. The Morgan fingerprint density at radius 2 is 1.90 bits per heavy atom. The van der Waals surface area contributed by atoms with E-state index in [9.17, 15) is 0 Å². The number of likely N-dealkylation sites (tertiary alicyclic amines) is 1. The summed E-state index contributed by atoms with van der Waals surface area (Å²) < 4.78 is 5.65. The van der Waals surface area contributed by atoms with E-state index < -0.39 is 0 Å². The van der Waals surface area contributed by atoms with Gasteiger partial charge in [-0.2, -0.15) is 0 Å². The quantitative estimate of drug-likeness (QED) is 0.916. The largest absolute Gasteiger partial charge is 0.494 e. The minimum atomic E-state index is 0.149. The molecule has 1 aliphatic heterocycles. The van der Waals surface area contributed by atoms with Crippen LogP contribution in [0, 0.1) is 0 Å². The van der Waals surface area contributed by atoms with Crippen LogP contribution in [-0.2, 0) is 0 Å². The number of nitrogens with two attached hydrogens (primary N) is 1. The van der Waals surface area contributed by atoms with Crippen LogP contribution in [0.4, 0.5) is 0 Å². The molecule has 0 bridgehead atoms. The van der Waals surface area contributed by atoms with Crippen LogP contribution in [0.3, 0.4) is 0 Å². The second-order valence-electron chi connectivity index (χ2n) is 6.68. The van der Waals surface area contributed by atoms with Gasteiger partial charge in [-0.1, -0.05) is 19.1 Å². The van der Waals surface area contributed by atoms with E-state index in [1.54, 1.807) is 0 Å². The monoisotopic (exact) mass is 276 g/mol. The Bertz CT molecular complexity index is 422. The molecule has 1 fully saturated rings. The van der Waals surface area contributed by atoms with Crippen LogP contribution in [0.15, 0.2) is 24.3 Å². The zero-order valence-electron chi connectivity index (χ0n) is 13.2. The molecule has 2 unspecified atom stereocenters. The fourth-order valence-corrected chi connectivity index (χ4v) is 2.98. The lowest BCUT2D eigenvalue weighted by Crippen LogP contribution is -2.43. The van der Waals surface area contributed by atoms with E-state index in [0.717, 1.165) is 31.7 Å². The van der Waals surface area contributed by atoms with Gasteiger partial charge in [0, 0.05) is 18.1 Å². The molecule has 0 saturated carbocycles. The molecule has 1 aliphatic rings. The van der Waals surface area contributed by atoms with Gasteiger partial charge >= 0.3 is 0 Å². The molecule has 0 aromatic heterocycles. The highest BCUT2D eigenvalue weighted by Crippen LogP contribution is 2.37. The Kier molecular flexibility index (Phi) is 4.71. The highest BCUT2D eigenvalue weighted by atomic mass is 16.5. The van der Waals surface area contributed by atoms with Gasteiger partial charge in [0.1, 0.15) is 5.75 Å². The molecular weight excluding hydrogens is 248 g/mol. The molecular formula is C17H28N2O. The maximum atomic E-state index is 6.34. The van der Waals surface area contributed by atoms with Crippen molar-refractivity contribution in [2.24, 2.45) is 5.73 Å². The van der Waals surface area contributed by atoms with Crippen LogP contribution in [0.2, 0.25) is 0 Å². The second-order valence-corrected chi connectivity index (χ2v) is 6.68. The first kappa shape index (κ1) is 15.3. The number of ether oxygens (including phenoxy) is 1. The summed E-state index contributed by atoms with van der Waals surface area (Å²) in [5.41, 5.74) is 7.79. The molecule has 3 nitrogen and oxygen atoms in total. The van der Waals surface area contributed by atoms with Crippen LogP contribution in [-0.4, -0.2) is 29.6 Å². The first-order chi connectivity index (χ1) is 9.43. The van der Waals surface area contributed by atoms with Crippen molar-refractivity contribution in [1.82, 2.24) is 4.90 Å². The highest BCUT2D eigenvalue weighted by molar-refractivity contribution is 5.31. The maximum absolute atomic E-state index is 6.34. The van der Waals surface area contributed by atoms with Gasteiger partial charge in [-0.15, -0.1) is 0 Å². The zero-order chi connectivity index (χ0) is 14.8. The summed E-state index contributed by atoms with van der Waals surface area (Å²) in [6.07, 6.45) is 2.10. The molecule has 0 radical (unpaired) electrons. The van der Waals surface area contributed by atoms with E-state index in [1.807, 2.05) is 0 Å². The van der Waals surface area contributed by atoms with Gasteiger partial charge in [0.25, 0.3) is 0 Å². The van der Waals surface area contributed by atoms with Crippen molar-refractivity contribution in [2.75, 3.05) is 13.2 Å². The standard InChI is InChI=1S/C17H28N2O/c1-5-12-20-14-8-6-13(7-9-14)16-15(18)10-11-19(16)17(2,3)4/h6-9,15-16H,5,10-12,18H2,1-4H3. The Morgan fingerprint density at radius 1 is 1.25 bits per heavy atom. The van der Waals surface area contributed by atoms with E-state index in [0.29, 0.717) is 6.04 Å². The van der Waals surface area contributed by atoms with Crippen LogP contribution in [0.1, 0.15) is 52.1 Å². The van der Waals surface area contributed by atoms with Crippen molar-refractivity contribution < 1.29 is 4.74 Å². The van der Waals surface area contributed by atoms with Crippen molar-refractivity contribution in [1.29, 1.82) is 0 Å². The van der Waals surface area contributed by atoms with E-state index in [-0.39, 0.29) is 11.6 Å². The van der Waals surface area contributed by atoms with Gasteiger partial charge in [0.05, 0.1) is 12.6 Å². The SMILES string of the molecule is CCCOc1ccc(C2C(N)CCN2C(C)(C)C)cc1. The average Bonchev–Trinajstić information content (AvgIpc) is 2.79. The molecule has 0 aliphatic carbocycles. The van der Waals surface area contributed by atoms with Crippen molar-refractivity contribution in [3.63, 3.8) is 0 Å². The van der Waals surface area contributed by atoms with E-state index >= 15 is 0 Å². The van der Waals surface area contributed by atoms with Crippen LogP contribution >= 0.6 is 0 Å². The minimum Gasteiger partial charge on any atom is -0.494 e. The Balaban J connectivity index is 2.16. The third-order valence-electron chi connectivity index (χ3n) is 4.00. The lowest BCUT2D eigenvalue weighted by molar-refractivity contribution is 0.117. The fraction of sp³-hybridized carbons (Fsp3) is 0.647. The zero-order valence-corrected chi connectivity index (χ0v) is 13.2. The predicted octanol–water partition coefficient (Wildman–Crippen LogP) is 3.35. The number of hydrogen-bond donors (Lipinski definition) is 1. The van der Waals surface area contributed by atoms with Crippen molar-refractivity contribution in [2.45, 2.75) is 58.2 Å². The molecule has 1 heterocycles. The fourth-order valence-electron chi connectivity index (χ4n) is 2.98. The third kappa shape index (κ3) is 3.33. The predicted molar refractivity (Wildman–Crippen MR) is 84.0 cm³/mol. The summed E-state index contributed by atoms with van der Waals surface area (Å²) in [5.74, 6) is 0.949. The number of nitrogens with zero attached hydrogens (tertiary/aromatic N) is 1. The van der Waals surface area contributed by atoms with Crippen LogP contribution in [0.5, 0.6) is 5.75 Å². The molecule has 1 saturated heterocycles. The molecule has 2 rings (SSSR count). The van der Waals surface area contributed by atoms with E-state index in [4.69, 9.17) is 10.5 Å². The van der Waals surface area contributed by atoms with Gasteiger partial charge in [-0.3, -0.25) is 4.90 Å². The summed E-state index contributed by atoms with van der Waals surface area (Å²) in [6.45, 7) is 10.7. The van der Waals surface area contributed by atoms with Crippen molar-refractivity contribution in [3.05, 3.63) is 29.8 Å². The van der Waals surface area contributed by atoms with Gasteiger partial charge in [-0.05, 0) is 51.3 Å². The van der Waals surface area contributed by atoms with E-state index in [2.05, 4.69) is 56.9 Å². The van der Waals surface area contributed by atoms with Gasteiger partial charge in [0.15, 0.2) is 0 Å². The molecule has 2 atom stereocenters. The summed E-state index contributed by atoms with van der Waals surface area (Å²) in [6, 6.07) is 9.00. The first-order valence-corrected chi connectivity index (χ1v) is 7.68. The average molecular weight is 276 g/mol. The molecule has 20 heavy (non-hydrogen) atoms. The molecule has 3 heteroatoms. The van der Waals surface area contributed by atoms with Crippen molar-refractivity contribution in [3.8, 4) is 5.75 Å². The van der Waals surface area contributed by atoms with Gasteiger partial charge in [-0.25, -0.2) is 0 Å². The minimum absolute atomic E-state index is 0.149. The maximum Gasteiger partial charge on any atom is 0.119 e. The molecule has 112 valence electrons. The highest BCUT2D eigenvalue weighted by Gasteiger charge is 2.38. The number of rotatable bonds is 4. The third-order valence-corrected chi connectivity index (χ3v) is 4.00.